The van der Waals surface area contributed by atoms with Crippen LogP contribution in [0.4, 0.5) is 0 Å². The Morgan fingerprint density at radius 1 is 0.302 bits per heavy atom. The number of carbonyl (C=O) groups excluding carboxylic acids is 12. The molecule has 0 aromatic heterocycles. The van der Waals surface area contributed by atoms with Gasteiger partial charge in [-0.25, -0.2) is 0 Å². The van der Waals surface area contributed by atoms with Gasteiger partial charge in [-0.2, -0.15) is 0 Å². The zero-order valence-electron chi connectivity index (χ0n) is 64.4. The minimum atomic E-state index is -1.35. The quantitative estimate of drug-likeness (QED) is 0.0415. The molecule has 30 nitrogen and oxygen atoms in total. The molecule has 0 heterocycles. The van der Waals surface area contributed by atoms with Crippen molar-refractivity contribution in [3.63, 3.8) is 0 Å². The van der Waals surface area contributed by atoms with Crippen LogP contribution in [0.25, 0.3) is 0 Å². The van der Waals surface area contributed by atoms with E-state index in [9.17, 15) is 57.5 Å². The molecular formula is C76H132N18O12. The molecule has 0 aliphatic carbocycles. The van der Waals surface area contributed by atoms with Crippen molar-refractivity contribution in [1.82, 2.24) is 58.5 Å². The zero-order valence-corrected chi connectivity index (χ0v) is 64.4. The van der Waals surface area contributed by atoms with Crippen molar-refractivity contribution in [3.8, 4) is 0 Å². The molecule has 0 unspecified atom stereocenters. The van der Waals surface area contributed by atoms with E-state index in [1.54, 1.807) is 67.6 Å². The Balaban J connectivity index is 2.59. The Labute approximate surface area is 628 Å². The molecule has 12 atom stereocenters. The predicted octanol–water partition coefficient (Wildman–Crippen LogP) is 1.32. The summed E-state index contributed by atoms with van der Waals surface area (Å²) in [6, 6.07) is 3.93. The van der Waals surface area contributed by atoms with Crippen molar-refractivity contribution in [1.29, 1.82) is 0 Å². The van der Waals surface area contributed by atoms with Crippen molar-refractivity contribution in [2.45, 2.75) is 270 Å². The molecule has 30 heteroatoms. The van der Waals surface area contributed by atoms with Gasteiger partial charge in [-0.3, -0.25) is 57.5 Å². The first-order valence-electron chi connectivity index (χ1n) is 38.5. The summed E-state index contributed by atoms with van der Waals surface area (Å²) in [5, 5.41) is 31.0. The van der Waals surface area contributed by atoms with Crippen LogP contribution in [0.2, 0.25) is 0 Å². The zero-order chi connectivity index (χ0) is 79.1. The van der Waals surface area contributed by atoms with Crippen LogP contribution < -0.4 is 98.6 Å². The van der Waals surface area contributed by atoms with Crippen LogP contribution in [0, 0.1) is 23.7 Å². The van der Waals surface area contributed by atoms with Crippen molar-refractivity contribution < 1.29 is 57.5 Å². The number of carbonyl (C=O) groups is 12. The Bertz CT molecular complexity index is 2970. The second kappa shape index (κ2) is 53.6. The molecule has 2 rings (SSSR count). The molecular weight excluding hydrogens is 1360 g/mol. The highest BCUT2D eigenvalue weighted by atomic mass is 16.2. The fraction of sp³-hybridized carbons (Fsp3) is 0.684. The average molecular weight is 1490 g/mol. The lowest BCUT2D eigenvalue weighted by Gasteiger charge is -2.30. The Hall–Kier alpha value is -8.16. The summed E-state index contributed by atoms with van der Waals surface area (Å²) in [7, 11) is 0. The Morgan fingerprint density at radius 2 is 0.557 bits per heavy atom. The molecule has 598 valence electrons. The van der Waals surface area contributed by atoms with Crippen LogP contribution in [0.5, 0.6) is 0 Å². The first-order chi connectivity index (χ1) is 50.6. The largest absolute Gasteiger partial charge is 0.368 e. The fourth-order valence-corrected chi connectivity index (χ4v) is 12.0. The van der Waals surface area contributed by atoms with E-state index in [0.29, 0.717) is 121 Å². The van der Waals surface area contributed by atoms with Gasteiger partial charge >= 0.3 is 0 Å². The van der Waals surface area contributed by atoms with E-state index in [0.717, 1.165) is 0 Å². The van der Waals surface area contributed by atoms with Crippen LogP contribution in [0.1, 0.15) is 213 Å². The van der Waals surface area contributed by atoms with E-state index in [-0.39, 0.29) is 95.1 Å². The van der Waals surface area contributed by atoms with Crippen LogP contribution in [-0.4, -0.2) is 177 Å². The SMILES string of the molecule is CC[C@H](C)[C@H](NC(=O)[C@H](CCCCN)NC(=O)[C@H](CCCCN)NC(=O)[C@H](Cc1ccccc1)NC(=O)[C@H](CC(C)C)NC(=O)[C@H](CCCCN)NC(=O)[C@H](CCCCN)NC(=O)c1ccccc1)C(=O)N[C@@H](CC(C)C)C(=O)N[C@@H](CCCCN)C(=O)N[C@@H](CCCCN)C(=O)N[C@@H](CC(C)C)C(N)=O. The van der Waals surface area contributed by atoms with Crippen LogP contribution >= 0.6 is 0 Å². The molecule has 2 aromatic carbocycles. The minimum Gasteiger partial charge on any atom is -0.368 e. The molecule has 0 radical (unpaired) electrons. The summed E-state index contributed by atoms with van der Waals surface area (Å²) >= 11 is 0. The molecule has 0 fully saturated rings. The maximum atomic E-state index is 15.0. The highest BCUT2D eigenvalue weighted by molar-refractivity contribution is 6.00. The second-order valence-electron chi connectivity index (χ2n) is 29.0. The van der Waals surface area contributed by atoms with Gasteiger partial charge in [0, 0.05) is 12.0 Å². The van der Waals surface area contributed by atoms with Gasteiger partial charge < -0.3 is 98.6 Å². The summed E-state index contributed by atoms with van der Waals surface area (Å²) < 4.78 is 0. The average Bonchev–Trinajstić information content (AvgIpc) is 0.850. The van der Waals surface area contributed by atoms with Gasteiger partial charge in [0.1, 0.15) is 66.5 Å². The van der Waals surface area contributed by atoms with E-state index in [1.165, 1.54) is 0 Å². The molecule has 106 heavy (non-hydrogen) atoms. The summed E-state index contributed by atoms with van der Waals surface area (Å²) in [6.07, 6.45) is 6.97. The third-order valence-corrected chi connectivity index (χ3v) is 18.3. The standard InChI is InChI=1S/C76H132N18O12/c1-9-51(8)64(76(106)93-62(46-50(6)7)73(103)88-55(33-17-23-39-78)68(98)85-57(35-19-25-41-80)70(100)90-60(65(83)95)44-48(2)3)94-72(102)59(37-21-27-43-82)87-69(99)56(34-18-24-40-79)89-75(105)63(47-52-28-12-10-13-29-52)92-74(104)61(45-49(4)5)91-71(101)58(36-20-26-42-81)86-67(97)54(32-16-22-38-77)84-66(96)53-30-14-11-15-31-53/h10-15,28-31,48-51,54-64H,9,16-27,32-47,77-82H2,1-8H3,(H2,83,95)(H,84,96)(H,85,98)(H,86,97)(H,87,99)(H,88,103)(H,89,105)(H,90,100)(H,91,101)(H,92,104)(H,93,106)(H,94,102)/t51-,54-,55-,56-,57-,58-,59-,60-,61-,62-,63-,64-/m0/s1. The van der Waals surface area contributed by atoms with Crippen molar-refractivity contribution in [2.75, 3.05) is 39.3 Å². The maximum Gasteiger partial charge on any atom is 0.251 e. The fourth-order valence-electron chi connectivity index (χ4n) is 12.0. The third-order valence-electron chi connectivity index (χ3n) is 18.3. The highest BCUT2D eigenvalue weighted by Crippen LogP contribution is 2.18. The molecule has 0 saturated carbocycles. The van der Waals surface area contributed by atoms with Crippen molar-refractivity contribution in [3.05, 3.63) is 71.8 Å². The van der Waals surface area contributed by atoms with E-state index in [4.69, 9.17) is 40.1 Å². The maximum absolute atomic E-state index is 15.0. The van der Waals surface area contributed by atoms with E-state index < -0.39 is 143 Å². The topological polar surface area (TPSA) is 519 Å². The number of unbranched alkanes of at least 4 members (excludes halogenated alkanes) is 6. The van der Waals surface area contributed by atoms with Crippen LogP contribution in [0.15, 0.2) is 60.7 Å². The monoisotopic (exact) mass is 1490 g/mol. The van der Waals surface area contributed by atoms with E-state index >= 15 is 0 Å². The number of primary amides is 1. The molecule has 12 amide bonds. The van der Waals surface area contributed by atoms with Gasteiger partial charge in [-0.05, 0) is 215 Å². The summed E-state index contributed by atoms with van der Waals surface area (Å²) in [4.78, 5) is 171. The summed E-state index contributed by atoms with van der Waals surface area (Å²) in [5.41, 5.74) is 41.8. The Kier molecular flexibility index (Phi) is 47.5. The first kappa shape index (κ1) is 93.9. The van der Waals surface area contributed by atoms with Gasteiger partial charge in [-0.1, -0.05) is 110 Å². The van der Waals surface area contributed by atoms with Gasteiger partial charge in [-0.15, -0.1) is 0 Å². The van der Waals surface area contributed by atoms with Crippen LogP contribution in [-0.2, 0) is 59.2 Å². The molecule has 0 bridgehead atoms. The number of hydrogen-bond donors (Lipinski definition) is 18. The molecule has 25 N–H and O–H groups in total. The highest BCUT2D eigenvalue weighted by Gasteiger charge is 2.38. The first-order valence-corrected chi connectivity index (χ1v) is 38.5. The number of nitrogens with two attached hydrogens (primary N) is 7. The van der Waals surface area contributed by atoms with E-state index in [2.05, 4.69) is 58.5 Å². The summed E-state index contributed by atoms with van der Waals surface area (Å²) in [6.45, 7) is 16.5. The normalized spacial score (nSPS) is 14.8. The van der Waals surface area contributed by atoms with Gasteiger partial charge in [0.05, 0.1) is 0 Å². The van der Waals surface area contributed by atoms with Gasteiger partial charge in [0.2, 0.25) is 65.0 Å². The molecule has 0 aliphatic heterocycles. The smallest absolute Gasteiger partial charge is 0.251 e. The minimum absolute atomic E-state index is 0.00149. The van der Waals surface area contributed by atoms with Crippen LogP contribution in [0.3, 0.4) is 0 Å². The van der Waals surface area contributed by atoms with E-state index in [1.807, 2.05) is 48.5 Å². The predicted molar refractivity (Wildman–Crippen MR) is 412 cm³/mol. The number of rotatable bonds is 57. The molecule has 0 spiro atoms. The number of nitrogens with one attached hydrogen (secondary N) is 11. The second-order valence-corrected chi connectivity index (χ2v) is 29.0. The molecule has 2 aromatic rings. The lowest BCUT2D eigenvalue weighted by molar-refractivity contribution is -0.137. The van der Waals surface area contributed by atoms with Gasteiger partial charge in [0.15, 0.2) is 0 Å². The lowest BCUT2D eigenvalue weighted by Crippen LogP contribution is -2.61. The van der Waals surface area contributed by atoms with Crippen molar-refractivity contribution in [2.24, 2.45) is 63.8 Å². The number of amides is 12. The molecule has 0 aliphatic rings. The summed E-state index contributed by atoms with van der Waals surface area (Å²) in [5.74, 6) is -9.22. The van der Waals surface area contributed by atoms with Crippen molar-refractivity contribution >= 4 is 70.9 Å². The Morgan fingerprint density at radius 3 is 0.868 bits per heavy atom. The van der Waals surface area contributed by atoms with Gasteiger partial charge in [0.25, 0.3) is 5.91 Å². The third kappa shape index (κ3) is 37.4. The number of hydrogen-bond acceptors (Lipinski definition) is 18. The lowest BCUT2D eigenvalue weighted by atomic mass is 9.95. The molecule has 0 saturated heterocycles. The number of benzene rings is 2.